The molecule has 1 aliphatic heterocycles. The quantitative estimate of drug-likeness (QED) is 0.652. The largest absolute Gasteiger partial charge is 0.358 e. The molecule has 0 saturated carbocycles. The third kappa shape index (κ3) is 4.06. The van der Waals surface area contributed by atoms with Crippen molar-refractivity contribution in [2.24, 2.45) is 0 Å². The third-order valence-corrected chi connectivity index (χ3v) is 5.46. The normalized spacial score (nSPS) is 15.5. The van der Waals surface area contributed by atoms with Crippen molar-refractivity contribution in [1.82, 2.24) is 15.2 Å². The van der Waals surface area contributed by atoms with E-state index in [0.717, 1.165) is 0 Å². The van der Waals surface area contributed by atoms with Gasteiger partial charge in [0.15, 0.2) is 0 Å². The molecule has 1 atom stereocenters. The molecule has 1 aromatic heterocycles. The van der Waals surface area contributed by atoms with Crippen LogP contribution in [0, 0.1) is 5.82 Å². The zero-order valence-electron chi connectivity index (χ0n) is 16.5. The lowest BCUT2D eigenvalue weighted by Gasteiger charge is -2.33. The zero-order valence-corrected chi connectivity index (χ0v) is 17.2. The smallest absolute Gasteiger partial charge is 0.254 e. The fourth-order valence-electron chi connectivity index (χ4n) is 3.66. The predicted molar refractivity (Wildman–Crippen MR) is 114 cm³/mol. The van der Waals surface area contributed by atoms with E-state index in [1.807, 2.05) is 0 Å². The summed E-state index contributed by atoms with van der Waals surface area (Å²) in [4.78, 5) is 43.4. The number of halogens is 2. The molecule has 0 saturated heterocycles. The Morgan fingerprint density at radius 3 is 2.81 bits per heavy atom. The summed E-state index contributed by atoms with van der Waals surface area (Å²) in [5.41, 5.74) is 1.13. The average molecular weight is 441 g/mol. The number of anilines is 1. The molecule has 3 aromatic rings. The van der Waals surface area contributed by atoms with Gasteiger partial charge in [0.1, 0.15) is 5.82 Å². The molecule has 7 nitrogen and oxygen atoms in total. The summed E-state index contributed by atoms with van der Waals surface area (Å²) in [5.74, 6) is -2.34. The van der Waals surface area contributed by atoms with Gasteiger partial charge in [-0.2, -0.15) is 0 Å². The number of pyridine rings is 1. The summed E-state index contributed by atoms with van der Waals surface area (Å²) < 4.78 is 13.8. The highest BCUT2D eigenvalue weighted by atomic mass is 35.5. The van der Waals surface area contributed by atoms with Crippen LogP contribution in [-0.2, 0) is 9.59 Å². The van der Waals surface area contributed by atoms with Crippen LogP contribution in [0.25, 0.3) is 10.8 Å². The van der Waals surface area contributed by atoms with Gasteiger partial charge in [0, 0.05) is 41.1 Å². The second-order valence-electron chi connectivity index (χ2n) is 7.18. The number of carbonyl (C=O) groups excluding carboxylic acids is 3. The van der Waals surface area contributed by atoms with Crippen molar-refractivity contribution in [1.29, 1.82) is 0 Å². The molecule has 2 heterocycles. The average Bonchev–Trinajstić information content (AvgIpc) is 2.75. The van der Waals surface area contributed by atoms with Crippen molar-refractivity contribution in [2.45, 2.75) is 5.92 Å². The molecule has 0 fully saturated rings. The molecule has 1 aliphatic rings. The number of fused-ring (bicyclic) bond motifs is 2. The van der Waals surface area contributed by atoms with Crippen LogP contribution in [0.4, 0.5) is 10.1 Å². The molecule has 3 amide bonds. The molecule has 0 spiro atoms. The number of nitrogens with one attached hydrogen (secondary N) is 2. The number of rotatable bonds is 4. The first-order valence-corrected chi connectivity index (χ1v) is 9.88. The molecule has 31 heavy (non-hydrogen) atoms. The second-order valence-corrected chi connectivity index (χ2v) is 7.62. The number of nitrogens with zero attached hydrogens (tertiary/aromatic N) is 2. The van der Waals surface area contributed by atoms with Crippen molar-refractivity contribution in [2.75, 3.05) is 25.5 Å². The number of hydrogen-bond donors (Lipinski definition) is 2. The second kappa shape index (κ2) is 8.31. The van der Waals surface area contributed by atoms with Gasteiger partial charge < -0.3 is 15.5 Å². The van der Waals surface area contributed by atoms with E-state index in [0.29, 0.717) is 32.6 Å². The van der Waals surface area contributed by atoms with Gasteiger partial charge in [-0.15, -0.1) is 0 Å². The topological polar surface area (TPSA) is 91.4 Å². The van der Waals surface area contributed by atoms with Gasteiger partial charge in [-0.25, -0.2) is 4.39 Å². The molecule has 4 rings (SSSR count). The van der Waals surface area contributed by atoms with Gasteiger partial charge in [-0.3, -0.25) is 19.4 Å². The van der Waals surface area contributed by atoms with Crippen LogP contribution in [0.1, 0.15) is 21.8 Å². The van der Waals surface area contributed by atoms with Gasteiger partial charge in [0.05, 0.1) is 24.3 Å². The maximum atomic E-state index is 13.8. The van der Waals surface area contributed by atoms with Crippen LogP contribution in [0.2, 0.25) is 5.02 Å². The van der Waals surface area contributed by atoms with E-state index in [2.05, 4.69) is 15.6 Å². The third-order valence-electron chi connectivity index (χ3n) is 5.22. The van der Waals surface area contributed by atoms with Crippen molar-refractivity contribution in [3.63, 3.8) is 0 Å². The Morgan fingerprint density at radius 2 is 2.03 bits per heavy atom. The first kappa shape index (κ1) is 20.7. The minimum Gasteiger partial charge on any atom is -0.358 e. The Labute approximate surface area is 182 Å². The fourth-order valence-corrected chi connectivity index (χ4v) is 3.84. The van der Waals surface area contributed by atoms with Gasteiger partial charge >= 0.3 is 0 Å². The first-order chi connectivity index (χ1) is 14.9. The minimum atomic E-state index is -0.778. The lowest BCUT2D eigenvalue weighted by Crippen LogP contribution is -2.47. The van der Waals surface area contributed by atoms with E-state index < -0.39 is 17.6 Å². The standard InChI is InChI=1S/C22H18ClFN4O3/c1-25-20(29)11-28-10-18(17-6-13(23)3-5-15(17)22(28)31)21(30)27-19-9-26-8-12-2-4-14(24)7-16(12)19/h2-9,18H,10-11H2,1H3,(H,25,29)(H,27,30). The molecule has 2 aromatic carbocycles. The van der Waals surface area contributed by atoms with Crippen molar-refractivity contribution >= 4 is 45.8 Å². The van der Waals surface area contributed by atoms with Crippen LogP contribution < -0.4 is 10.6 Å². The van der Waals surface area contributed by atoms with Crippen molar-refractivity contribution in [3.8, 4) is 0 Å². The van der Waals surface area contributed by atoms with Gasteiger partial charge in [-0.05, 0) is 42.0 Å². The molecular formula is C22H18ClFN4O3. The summed E-state index contributed by atoms with van der Waals surface area (Å²) in [6, 6.07) is 8.90. The van der Waals surface area contributed by atoms with Crippen LogP contribution in [-0.4, -0.2) is 47.7 Å². The highest BCUT2D eigenvalue weighted by molar-refractivity contribution is 6.30. The Hall–Kier alpha value is -3.52. The number of amides is 3. The van der Waals surface area contributed by atoms with Gasteiger partial charge in [0.2, 0.25) is 11.8 Å². The monoisotopic (exact) mass is 440 g/mol. The van der Waals surface area contributed by atoms with Crippen molar-refractivity contribution < 1.29 is 18.8 Å². The molecule has 158 valence electrons. The highest BCUT2D eigenvalue weighted by Crippen LogP contribution is 2.32. The molecule has 0 bridgehead atoms. The number of likely N-dealkylation sites (N-methyl/N-ethyl adjacent to an activating group) is 1. The Bertz CT molecular complexity index is 1220. The van der Waals surface area contributed by atoms with Crippen LogP contribution >= 0.6 is 11.6 Å². The number of benzene rings is 2. The van der Waals surface area contributed by atoms with Crippen LogP contribution in [0.3, 0.4) is 0 Å². The van der Waals surface area contributed by atoms with Gasteiger partial charge in [0.25, 0.3) is 5.91 Å². The summed E-state index contributed by atoms with van der Waals surface area (Å²) in [5, 5.41) is 6.83. The molecule has 0 radical (unpaired) electrons. The lowest BCUT2D eigenvalue weighted by molar-refractivity contribution is -0.122. The van der Waals surface area contributed by atoms with Gasteiger partial charge in [-0.1, -0.05) is 11.6 Å². The van der Waals surface area contributed by atoms with E-state index in [-0.39, 0.29) is 24.9 Å². The summed E-state index contributed by atoms with van der Waals surface area (Å²) in [7, 11) is 1.47. The van der Waals surface area contributed by atoms with E-state index >= 15 is 0 Å². The fraction of sp³-hybridized carbons (Fsp3) is 0.182. The van der Waals surface area contributed by atoms with Crippen LogP contribution in [0.15, 0.2) is 48.8 Å². The highest BCUT2D eigenvalue weighted by Gasteiger charge is 2.36. The zero-order chi connectivity index (χ0) is 22.1. The van der Waals surface area contributed by atoms with E-state index in [1.165, 1.54) is 30.3 Å². The first-order valence-electron chi connectivity index (χ1n) is 9.51. The molecule has 2 N–H and O–H groups in total. The predicted octanol–water partition coefficient (Wildman–Crippen LogP) is 2.95. The molecule has 1 unspecified atom stereocenters. The van der Waals surface area contributed by atoms with E-state index in [1.54, 1.807) is 30.5 Å². The SMILES string of the molecule is CNC(=O)CN1CC(C(=O)Nc2cncc3ccc(F)cc23)c2cc(Cl)ccc2C1=O. The Morgan fingerprint density at radius 1 is 1.23 bits per heavy atom. The molecule has 0 aliphatic carbocycles. The summed E-state index contributed by atoms with van der Waals surface area (Å²) >= 11 is 6.12. The number of aromatic nitrogens is 1. The Balaban J connectivity index is 1.70. The Kier molecular flexibility index (Phi) is 5.56. The number of carbonyl (C=O) groups is 3. The summed E-state index contributed by atoms with van der Waals surface area (Å²) in [6.45, 7) is -0.180. The van der Waals surface area contributed by atoms with Crippen molar-refractivity contribution in [3.05, 3.63) is 70.8 Å². The van der Waals surface area contributed by atoms with E-state index in [4.69, 9.17) is 11.6 Å². The minimum absolute atomic E-state index is 0.00200. The maximum absolute atomic E-state index is 13.8. The number of hydrogen-bond acceptors (Lipinski definition) is 4. The lowest BCUT2D eigenvalue weighted by atomic mass is 9.88. The maximum Gasteiger partial charge on any atom is 0.254 e. The van der Waals surface area contributed by atoms with Crippen LogP contribution in [0.5, 0.6) is 0 Å². The molecule has 9 heteroatoms. The molecular weight excluding hydrogens is 423 g/mol. The van der Waals surface area contributed by atoms with E-state index in [9.17, 15) is 18.8 Å². The summed E-state index contributed by atoms with van der Waals surface area (Å²) in [6.07, 6.45) is 3.01.